The number of ether oxygens (including phenoxy) is 1. The van der Waals surface area contributed by atoms with Gasteiger partial charge in [-0.1, -0.05) is 19.9 Å². The van der Waals surface area contributed by atoms with E-state index in [-0.39, 0.29) is 5.78 Å². The summed E-state index contributed by atoms with van der Waals surface area (Å²) in [7, 11) is 1.73. The van der Waals surface area contributed by atoms with Crippen LogP contribution in [0.4, 0.5) is 0 Å². The second-order valence-corrected chi connectivity index (χ2v) is 8.32. The van der Waals surface area contributed by atoms with Crippen LogP contribution in [0.1, 0.15) is 60.6 Å². The Balaban J connectivity index is 1.71. The molecule has 162 valence electrons. The highest BCUT2D eigenvalue weighted by Gasteiger charge is 2.43. The van der Waals surface area contributed by atoms with Crippen molar-refractivity contribution in [3.8, 4) is 5.88 Å². The summed E-state index contributed by atoms with van der Waals surface area (Å²) >= 11 is 0. The molecule has 0 unspecified atom stereocenters. The number of fused-ring (bicyclic) bond motifs is 4. The minimum Gasteiger partial charge on any atom is -0.476 e. The lowest BCUT2D eigenvalue weighted by atomic mass is 9.74. The minimum atomic E-state index is -0.561. The number of hydrogen-bond acceptors (Lipinski definition) is 6. The van der Waals surface area contributed by atoms with Gasteiger partial charge in [0, 0.05) is 36.8 Å². The van der Waals surface area contributed by atoms with Crippen LogP contribution in [0.5, 0.6) is 5.88 Å². The van der Waals surface area contributed by atoms with E-state index in [0.29, 0.717) is 40.7 Å². The predicted molar refractivity (Wildman–Crippen MR) is 123 cm³/mol. The zero-order valence-corrected chi connectivity index (χ0v) is 18.9. The van der Waals surface area contributed by atoms with Crippen LogP contribution in [0, 0.1) is 0 Å². The second-order valence-electron chi connectivity index (χ2n) is 8.32. The maximum Gasteiger partial charge on any atom is 0.213 e. The third-order valence-electron chi connectivity index (χ3n) is 6.05. The molecule has 0 radical (unpaired) electrons. The zero-order chi connectivity index (χ0) is 22.2. The van der Waals surface area contributed by atoms with E-state index in [1.54, 1.807) is 19.3 Å². The van der Waals surface area contributed by atoms with Crippen LogP contribution >= 0.6 is 0 Å². The normalized spacial score (nSPS) is 15.0. The first-order valence-corrected chi connectivity index (χ1v) is 10.8. The van der Waals surface area contributed by atoms with Gasteiger partial charge < -0.3 is 14.1 Å². The Hall–Kier alpha value is -2.99. The molecule has 2 aromatic heterocycles. The summed E-state index contributed by atoms with van der Waals surface area (Å²) in [6.07, 6.45) is 1.77. The van der Waals surface area contributed by atoms with Crippen molar-refractivity contribution in [2.75, 3.05) is 33.3 Å². The van der Waals surface area contributed by atoms with Crippen molar-refractivity contribution < 1.29 is 13.9 Å². The first kappa shape index (κ1) is 21.2. The summed E-state index contributed by atoms with van der Waals surface area (Å²) in [6.45, 7) is 11.7. The Morgan fingerprint density at radius 2 is 1.97 bits per heavy atom. The number of carbonyl (C=O) groups excluding carboxylic acids is 1. The van der Waals surface area contributed by atoms with Crippen LogP contribution in [-0.2, 0) is 5.41 Å². The molecule has 3 aromatic rings. The number of likely N-dealkylation sites (N-methyl/N-ethyl adjacent to an activating group) is 1. The van der Waals surface area contributed by atoms with Crippen molar-refractivity contribution in [1.82, 2.24) is 9.88 Å². The third kappa shape index (κ3) is 3.65. The molecule has 0 aliphatic heterocycles. The summed E-state index contributed by atoms with van der Waals surface area (Å²) in [5.41, 5.74) is 2.99. The van der Waals surface area contributed by atoms with Gasteiger partial charge in [-0.3, -0.25) is 9.79 Å². The highest BCUT2D eigenvalue weighted by atomic mass is 16.5. The molecular formula is C25H29N3O3. The highest BCUT2D eigenvalue weighted by molar-refractivity contribution is 6.19. The fraction of sp³-hybridized carbons (Fsp3) is 0.400. The van der Waals surface area contributed by atoms with Gasteiger partial charge >= 0.3 is 0 Å². The Morgan fingerprint density at radius 1 is 1.19 bits per heavy atom. The van der Waals surface area contributed by atoms with Gasteiger partial charge in [0.15, 0.2) is 5.78 Å². The van der Waals surface area contributed by atoms with Gasteiger partial charge in [-0.25, -0.2) is 4.98 Å². The molecule has 0 saturated heterocycles. The van der Waals surface area contributed by atoms with E-state index < -0.39 is 5.41 Å². The smallest absolute Gasteiger partial charge is 0.213 e. The van der Waals surface area contributed by atoms with Crippen molar-refractivity contribution in [3.05, 3.63) is 58.5 Å². The Kier molecular flexibility index (Phi) is 5.67. The summed E-state index contributed by atoms with van der Waals surface area (Å²) in [5, 5.41) is 0.825. The van der Waals surface area contributed by atoms with Crippen molar-refractivity contribution in [2.45, 2.75) is 33.1 Å². The molecule has 0 atom stereocenters. The number of pyridine rings is 1. The fourth-order valence-corrected chi connectivity index (χ4v) is 4.25. The van der Waals surface area contributed by atoms with Gasteiger partial charge in [-0.15, -0.1) is 0 Å². The highest BCUT2D eigenvalue weighted by Crippen LogP contribution is 2.45. The molecule has 2 heterocycles. The Morgan fingerprint density at radius 3 is 2.68 bits per heavy atom. The lowest BCUT2D eigenvalue weighted by Gasteiger charge is -2.29. The summed E-state index contributed by atoms with van der Waals surface area (Å²) in [4.78, 5) is 24.5. The molecule has 6 nitrogen and oxygen atoms in total. The van der Waals surface area contributed by atoms with Gasteiger partial charge in [0.1, 0.15) is 18.0 Å². The van der Waals surface area contributed by atoms with Gasteiger partial charge in [-0.2, -0.15) is 0 Å². The number of aliphatic imine (C=N–C) groups is 1. The second kappa shape index (κ2) is 8.27. The van der Waals surface area contributed by atoms with Gasteiger partial charge in [0.2, 0.25) is 5.88 Å². The van der Waals surface area contributed by atoms with E-state index in [0.717, 1.165) is 30.6 Å². The SMILES string of the molecule is CCN(CC)CCOc1ccc2c(n1)C(C)(C)c1oc3cc(/C=N\C)ccc3c1C2=O. The molecule has 0 saturated carbocycles. The van der Waals surface area contributed by atoms with E-state index >= 15 is 0 Å². The summed E-state index contributed by atoms with van der Waals surface area (Å²) in [6, 6.07) is 9.43. The molecule has 0 N–H and O–H groups in total. The number of nitrogens with zero attached hydrogens (tertiary/aromatic N) is 3. The lowest BCUT2D eigenvalue weighted by Crippen LogP contribution is -2.31. The zero-order valence-electron chi connectivity index (χ0n) is 18.9. The maximum atomic E-state index is 13.4. The van der Waals surface area contributed by atoms with Crippen LogP contribution in [0.3, 0.4) is 0 Å². The van der Waals surface area contributed by atoms with Gasteiger partial charge in [-0.05, 0) is 50.7 Å². The Labute approximate surface area is 182 Å². The fourth-order valence-electron chi connectivity index (χ4n) is 4.25. The standard InChI is InChI=1S/C25H29N3O3/c1-6-28(7-2)12-13-30-20-11-10-18-22(29)21-17-9-8-16(15-26-5)14-19(17)31-24(21)25(3,4)23(18)27-20/h8-11,14-15H,6-7,12-13H2,1-5H3/b26-15-. The van der Waals surface area contributed by atoms with Crippen LogP contribution in [0.25, 0.3) is 11.0 Å². The van der Waals surface area contributed by atoms with E-state index in [4.69, 9.17) is 14.1 Å². The molecule has 6 heteroatoms. The van der Waals surface area contributed by atoms with Crippen molar-refractivity contribution in [1.29, 1.82) is 0 Å². The molecule has 0 amide bonds. The average Bonchev–Trinajstić information content (AvgIpc) is 3.16. The van der Waals surface area contributed by atoms with E-state index in [2.05, 4.69) is 23.7 Å². The molecule has 1 aliphatic rings. The third-order valence-corrected chi connectivity index (χ3v) is 6.05. The first-order chi connectivity index (χ1) is 14.9. The summed E-state index contributed by atoms with van der Waals surface area (Å²) in [5.74, 6) is 1.13. The van der Waals surface area contributed by atoms with Crippen LogP contribution in [-0.4, -0.2) is 55.2 Å². The number of hydrogen-bond donors (Lipinski definition) is 0. The molecule has 31 heavy (non-hydrogen) atoms. The number of furan rings is 1. The van der Waals surface area contributed by atoms with E-state index in [1.165, 1.54) is 0 Å². The predicted octanol–water partition coefficient (Wildman–Crippen LogP) is 4.47. The lowest BCUT2D eigenvalue weighted by molar-refractivity contribution is 0.102. The average molecular weight is 420 g/mol. The number of carbonyl (C=O) groups is 1. The van der Waals surface area contributed by atoms with Crippen LogP contribution in [0.2, 0.25) is 0 Å². The van der Waals surface area contributed by atoms with Gasteiger partial charge in [0.05, 0.1) is 16.7 Å². The van der Waals surface area contributed by atoms with E-state index in [9.17, 15) is 4.79 Å². The minimum absolute atomic E-state index is 0.0535. The van der Waals surface area contributed by atoms with Crippen LogP contribution in [0.15, 0.2) is 39.7 Å². The number of rotatable bonds is 7. The summed E-state index contributed by atoms with van der Waals surface area (Å²) < 4.78 is 12.1. The number of aromatic nitrogens is 1. The van der Waals surface area contributed by atoms with Crippen molar-refractivity contribution in [3.63, 3.8) is 0 Å². The number of benzene rings is 1. The largest absolute Gasteiger partial charge is 0.476 e. The van der Waals surface area contributed by atoms with Gasteiger partial charge in [0.25, 0.3) is 0 Å². The Bertz CT molecular complexity index is 1160. The monoisotopic (exact) mass is 419 g/mol. The maximum absolute atomic E-state index is 13.4. The topological polar surface area (TPSA) is 67.9 Å². The molecule has 0 fully saturated rings. The van der Waals surface area contributed by atoms with E-state index in [1.807, 2.05) is 38.1 Å². The molecule has 0 spiro atoms. The molecule has 1 aliphatic carbocycles. The first-order valence-electron chi connectivity index (χ1n) is 10.8. The number of ketones is 1. The van der Waals surface area contributed by atoms with Crippen molar-refractivity contribution >= 4 is 23.0 Å². The molecule has 0 bridgehead atoms. The quantitative estimate of drug-likeness (QED) is 0.529. The molecular weight excluding hydrogens is 390 g/mol. The molecule has 4 rings (SSSR count). The molecule has 1 aromatic carbocycles. The van der Waals surface area contributed by atoms with Crippen molar-refractivity contribution in [2.24, 2.45) is 4.99 Å². The van der Waals surface area contributed by atoms with Crippen LogP contribution < -0.4 is 4.74 Å².